The van der Waals surface area contributed by atoms with Crippen LogP contribution in [0, 0.1) is 0 Å². The van der Waals surface area contributed by atoms with E-state index in [9.17, 15) is 13.5 Å². The molecule has 1 N–H and O–H groups in total. The predicted molar refractivity (Wildman–Crippen MR) is 85.1 cm³/mol. The summed E-state index contributed by atoms with van der Waals surface area (Å²) in [5, 5.41) is 10.7. The molecule has 2 unspecified atom stereocenters. The summed E-state index contributed by atoms with van der Waals surface area (Å²) < 4.78 is 26.3. The van der Waals surface area contributed by atoms with Gasteiger partial charge in [0.05, 0.1) is 27.9 Å². The van der Waals surface area contributed by atoms with E-state index in [4.69, 9.17) is 23.2 Å². The van der Waals surface area contributed by atoms with Crippen LogP contribution in [-0.4, -0.2) is 37.0 Å². The maximum Gasteiger partial charge on any atom is 0.218 e. The Hall–Kier alpha value is -0.330. The Labute approximate surface area is 135 Å². The van der Waals surface area contributed by atoms with Gasteiger partial charge >= 0.3 is 0 Å². The van der Waals surface area contributed by atoms with Crippen LogP contribution in [0.25, 0.3) is 0 Å². The molecule has 7 heteroatoms. The molecule has 21 heavy (non-hydrogen) atoms. The zero-order valence-corrected chi connectivity index (χ0v) is 14.1. The Morgan fingerprint density at radius 2 is 1.90 bits per heavy atom. The summed E-state index contributed by atoms with van der Waals surface area (Å²) in [4.78, 5) is 0. The standard InChI is InChI=1S/C14H19Cl2NO3S/c1-17(13-4-2-3-5-14(13)18)21(19,20)9-10-6-7-11(15)12(16)8-10/h6-8,13-14,18H,2-5,9H2,1H3. The maximum atomic E-state index is 12.5. The largest absolute Gasteiger partial charge is 0.391 e. The Bertz CT molecular complexity index is 606. The zero-order valence-electron chi connectivity index (χ0n) is 11.8. The van der Waals surface area contributed by atoms with Crippen molar-refractivity contribution < 1.29 is 13.5 Å². The Morgan fingerprint density at radius 3 is 2.52 bits per heavy atom. The number of benzene rings is 1. The summed E-state index contributed by atoms with van der Waals surface area (Å²) in [6, 6.07) is 4.46. The van der Waals surface area contributed by atoms with Crippen LogP contribution in [0.3, 0.4) is 0 Å². The van der Waals surface area contributed by atoms with Crippen molar-refractivity contribution in [3.8, 4) is 0 Å². The highest BCUT2D eigenvalue weighted by molar-refractivity contribution is 7.88. The molecule has 0 radical (unpaired) electrons. The number of aliphatic hydroxyl groups excluding tert-OH is 1. The lowest BCUT2D eigenvalue weighted by Crippen LogP contribution is -2.46. The van der Waals surface area contributed by atoms with Crippen LogP contribution in [0.2, 0.25) is 10.0 Å². The van der Waals surface area contributed by atoms with E-state index in [1.165, 1.54) is 11.4 Å². The first-order valence-electron chi connectivity index (χ1n) is 6.89. The molecule has 0 bridgehead atoms. The summed E-state index contributed by atoms with van der Waals surface area (Å²) in [5.41, 5.74) is 0.585. The van der Waals surface area contributed by atoms with E-state index in [1.54, 1.807) is 18.2 Å². The van der Waals surface area contributed by atoms with Gasteiger partial charge in [-0.3, -0.25) is 0 Å². The molecule has 0 saturated heterocycles. The van der Waals surface area contributed by atoms with E-state index in [1.807, 2.05) is 0 Å². The van der Waals surface area contributed by atoms with Crippen molar-refractivity contribution in [2.45, 2.75) is 43.6 Å². The van der Waals surface area contributed by atoms with Gasteiger partial charge in [-0.05, 0) is 30.5 Å². The van der Waals surface area contributed by atoms with Crippen LogP contribution in [-0.2, 0) is 15.8 Å². The van der Waals surface area contributed by atoms with E-state index >= 15 is 0 Å². The molecule has 1 aromatic carbocycles. The number of halogens is 2. The summed E-state index contributed by atoms with van der Waals surface area (Å²) in [5.74, 6) is -0.149. The molecule has 2 atom stereocenters. The Balaban J connectivity index is 2.15. The second-order valence-electron chi connectivity index (χ2n) is 5.44. The average molecular weight is 352 g/mol. The summed E-state index contributed by atoms with van der Waals surface area (Å²) in [7, 11) is -1.97. The van der Waals surface area contributed by atoms with E-state index < -0.39 is 16.1 Å². The van der Waals surface area contributed by atoms with Crippen LogP contribution in [0.5, 0.6) is 0 Å². The summed E-state index contributed by atoms with van der Waals surface area (Å²) >= 11 is 11.7. The molecule has 4 nitrogen and oxygen atoms in total. The van der Waals surface area contributed by atoms with Crippen molar-refractivity contribution in [1.82, 2.24) is 4.31 Å². The zero-order chi connectivity index (χ0) is 15.6. The Kier molecular flexibility index (Phi) is 5.54. The van der Waals surface area contributed by atoms with Gasteiger partial charge in [0.25, 0.3) is 0 Å². The molecule has 0 aromatic heterocycles. The smallest absolute Gasteiger partial charge is 0.218 e. The van der Waals surface area contributed by atoms with Gasteiger partial charge in [0.2, 0.25) is 10.0 Å². The highest BCUT2D eigenvalue weighted by Gasteiger charge is 2.33. The molecular formula is C14H19Cl2NO3S. The molecule has 0 heterocycles. The monoisotopic (exact) mass is 351 g/mol. The van der Waals surface area contributed by atoms with Gasteiger partial charge in [-0.1, -0.05) is 42.1 Å². The lowest BCUT2D eigenvalue weighted by atomic mass is 9.93. The van der Waals surface area contributed by atoms with Gasteiger partial charge in [0, 0.05) is 7.05 Å². The van der Waals surface area contributed by atoms with E-state index in [2.05, 4.69) is 0 Å². The van der Waals surface area contributed by atoms with Crippen molar-refractivity contribution in [3.05, 3.63) is 33.8 Å². The fraction of sp³-hybridized carbons (Fsp3) is 0.571. The molecular weight excluding hydrogens is 333 g/mol. The van der Waals surface area contributed by atoms with Crippen molar-refractivity contribution >= 4 is 33.2 Å². The first-order valence-corrected chi connectivity index (χ1v) is 9.25. The van der Waals surface area contributed by atoms with Crippen molar-refractivity contribution in [2.75, 3.05) is 7.05 Å². The minimum Gasteiger partial charge on any atom is -0.391 e. The van der Waals surface area contributed by atoms with Crippen molar-refractivity contribution in [2.24, 2.45) is 0 Å². The molecule has 0 aliphatic heterocycles. The quantitative estimate of drug-likeness (QED) is 0.906. The first kappa shape index (κ1) is 17.0. The van der Waals surface area contributed by atoms with Gasteiger partial charge in [-0.25, -0.2) is 8.42 Å². The second kappa shape index (κ2) is 6.84. The third-order valence-electron chi connectivity index (χ3n) is 3.93. The molecule has 2 rings (SSSR count). The van der Waals surface area contributed by atoms with Crippen LogP contribution in [0.1, 0.15) is 31.2 Å². The Morgan fingerprint density at radius 1 is 1.24 bits per heavy atom. The fourth-order valence-electron chi connectivity index (χ4n) is 2.66. The van der Waals surface area contributed by atoms with Crippen LogP contribution in [0.15, 0.2) is 18.2 Å². The molecule has 1 aromatic rings. The number of likely N-dealkylation sites (N-methyl/N-ethyl adjacent to an activating group) is 1. The highest BCUT2D eigenvalue weighted by atomic mass is 35.5. The van der Waals surface area contributed by atoms with Crippen molar-refractivity contribution in [3.63, 3.8) is 0 Å². The molecule has 0 spiro atoms. The van der Waals surface area contributed by atoms with Gasteiger partial charge in [0.1, 0.15) is 0 Å². The van der Waals surface area contributed by atoms with Crippen LogP contribution >= 0.6 is 23.2 Å². The fourth-order valence-corrected chi connectivity index (χ4v) is 4.45. The third-order valence-corrected chi connectivity index (χ3v) is 6.52. The van der Waals surface area contributed by atoms with Gasteiger partial charge in [-0.2, -0.15) is 4.31 Å². The van der Waals surface area contributed by atoms with Gasteiger partial charge in [0.15, 0.2) is 0 Å². The number of nitrogens with zero attached hydrogens (tertiary/aromatic N) is 1. The topological polar surface area (TPSA) is 57.6 Å². The molecule has 1 saturated carbocycles. The minimum absolute atomic E-state index is 0.149. The van der Waals surface area contributed by atoms with E-state index in [0.29, 0.717) is 28.5 Å². The van der Waals surface area contributed by atoms with Crippen LogP contribution in [0.4, 0.5) is 0 Å². The number of hydrogen-bond donors (Lipinski definition) is 1. The summed E-state index contributed by atoms with van der Waals surface area (Å²) in [6.07, 6.45) is 2.63. The lowest BCUT2D eigenvalue weighted by molar-refractivity contribution is 0.0637. The SMILES string of the molecule is CN(C1CCCCC1O)S(=O)(=O)Cc1ccc(Cl)c(Cl)c1. The first-order chi connectivity index (χ1) is 9.81. The van der Waals surface area contributed by atoms with E-state index in [-0.39, 0.29) is 11.8 Å². The second-order valence-corrected chi connectivity index (χ2v) is 8.28. The number of aliphatic hydroxyl groups is 1. The van der Waals surface area contributed by atoms with E-state index in [0.717, 1.165) is 12.8 Å². The van der Waals surface area contributed by atoms with Gasteiger partial charge in [-0.15, -0.1) is 0 Å². The van der Waals surface area contributed by atoms with Crippen molar-refractivity contribution in [1.29, 1.82) is 0 Å². The summed E-state index contributed by atoms with van der Waals surface area (Å²) in [6.45, 7) is 0. The molecule has 1 aliphatic carbocycles. The predicted octanol–water partition coefficient (Wildman–Crippen LogP) is 3.06. The molecule has 1 fully saturated rings. The lowest BCUT2D eigenvalue weighted by Gasteiger charge is -2.34. The van der Waals surface area contributed by atoms with Gasteiger partial charge < -0.3 is 5.11 Å². The maximum absolute atomic E-state index is 12.5. The highest BCUT2D eigenvalue weighted by Crippen LogP contribution is 2.27. The third kappa shape index (κ3) is 4.11. The average Bonchev–Trinajstić information content (AvgIpc) is 2.42. The number of sulfonamides is 1. The molecule has 0 amide bonds. The number of rotatable bonds is 4. The number of hydrogen-bond acceptors (Lipinski definition) is 3. The van der Waals surface area contributed by atoms with Crippen LogP contribution < -0.4 is 0 Å². The normalized spacial score (nSPS) is 23.5. The molecule has 118 valence electrons. The minimum atomic E-state index is -3.50. The molecule has 1 aliphatic rings.